The summed E-state index contributed by atoms with van der Waals surface area (Å²) in [7, 11) is 0. The Kier molecular flexibility index (Phi) is 6.15. The third kappa shape index (κ3) is 4.99. The number of para-hydroxylation sites is 1. The molecule has 1 atom stereocenters. The van der Waals surface area contributed by atoms with Crippen LogP contribution in [-0.2, 0) is 14.4 Å². The van der Waals surface area contributed by atoms with E-state index < -0.39 is 17.9 Å². The summed E-state index contributed by atoms with van der Waals surface area (Å²) in [5, 5.41) is 7.65. The second-order valence-corrected chi connectivity index (χ2v) is 5.32. The fourth-order valence-electron chi connectivity index (χ4n) is 2.21. The van der Waals surface area contributed by atoms with Crippen LogP contribution in [0.5, 0.6) is 0 Å². The second kappa shape index (κ2) is 8.53. The third-order valence-corrected chi connectivity index (χ3v) is 3.47. The van der Waals surface area contributed by atoms with Crippen LogP contribution in [0.1, 0.15) is 24.8 Å². The first-order valence-corrected chi connectivity index (χ1v) is 7.69. The van der Waals surface area contributed by atoms with Crippen LogP contribution in [0, 0.1) is 12.3 Å². The molecule has 1 aliphatic rings. The van der Waals surface area contributed by atoms with E-state index in [4.69, 9.17) is 6.42 Å². The minimum Gasteiger partial charge on any atom is -0.347 e. The van der Waals surface area contributed by atoms with Gasteiger partial charge in [0.15, 0.2) is 6.04 Å². The van der Waals surface area contributed by atoms with Crippen molar-refractivity contribution in [1.29, 1.82) is 0 Å². The predicted octanol–water partition coefficient (Wildman–Crippen LogP) is 1.06. The zero-order chi connectivity index (χ0) is 17.4. The lowest BCUT2D eigenvalue weighted by Gasteiger charge is -2.15. The third-order valence-electron chi connectivity index (χ3n) is 3.47. The van der Waals surface area contributed by atoms with E-state index in [1.54, 1.807) is 12.1 Å². The van der Waals surface area contributed by atoms with Crippen LogP contribution in [-0.4, -0.2) is 30.3 Å². The minimum absolute atomic E-state index is 0.212. The standard InChI is InChI=1S/C18H19N3O3/c1-2-14-18(24)21-15-10-7-6-9-13(15)8-4-3-5-11-16(22)19-12-17(23)20-14/h1,4,6-10,14H,3,5,11-12H2,(H,19,22)(H,20,23)(H,21,24)/b8-4+/t14-/m1/s1. The van der Waals surface area contributed by atoms with E-state index in [1.165, 1.54) is 0 Å². The van der Waals surface area contributed by atoms with Gasteiger partial charge in [0.2, 0.25) is 11.8 Å². The van der Waals surface area contributed by atoms with Crippen LogP contribution in [0.4, 0.5) is 5.69 Å². The zero-order valence-electron chi connectivity index (χ0n) is 13.2. The molecule has 2 rings (SSSR count). The van der Waals surface area contributed by atoms with Gasteiger partial charge in [-0.25, -0.2) is 0 Å². The van der Waals surface area contributed by atoms with E-state index in [-0.39, 0.29) is 12.5 Å². The Morgan fingerprint density at radius 2 is 1.92 bits per heavy atom. The van der Waals surface area contributed by atoms with Gasteiger partial charge in [-0.15, -0.1) is 6.42 Å². The van der Waals surface area contributed by atoms with Crippen molar-refractivity contribution in [1.82, 2.24) is 10.6 Å². The number of rotatable bonds is 0. The van der Waals surface area contributed by atoms with Crippen molar-refractivity contribution < 1.29 is 14.4 Å². The summed E-state index contributed by atoms with van der Waals surface area (Å²) < 4.78 is 0. The number of amides is 3. The van der Waals surface area contributed by atoms with Crippen molar-refractivity contribution in [2.75, 3.05) is 11.9 Å². The van der Waals surface area contributed by atoms with Crippen LogP contribution in [0.25, 0.3) is 6.08 Å². The largest absolute Gasteiger partial charge is 0.347 e. The van der Waals surface area contributed by atoms with Crippen LogP contribution in [0.2, 0.25) is 0 Å². The van der Waals surface area contributed by atoms with E-state index >= 15 is 0 Å². The highest BCUT2D eigenvalue weighted by Gasteiger charge is 2.19. The molecular weight excluding hydrogens is 306 g/mol. The maximum atomic E-state index is 12.3. The fraction of sp³-hybridized carbons (Fsp3) is 0.278. The lowest BCUT2D eigenvalue weighted by Crippen LogP contribution is -2.46. The smallest absolute Gasteiger partial charge is 0.259 e. The predicted molar refractivity (Wildman–Crippen MR) is 91.7 cm³/mol. The first-order chi connectivity index (χ1) is 11.6. The van der Waals surface area contributed by atoms with Crippen LogP contribution >= 0.6 is 0 Å². The number of anilines is 1. The van der Waals surface area contributed by atoms with Crippen molar-refractivity contribution in [3.63, 3.8) is 0 Å². The van der Waals surface area contributed by atoms with Gasteiger partial charge in [0.1, 0.15) is 0 Å². The van der Waals surface area contributed by atoms with E-state index in [0.717, 1.165) is 12.0 Å². The molecule has 3 amide bonds. The number of hydrogen-bond donors (Lipinski definition) is 3. The monoisotopic (exact) mass is 325 g/mol. The average molecular weight is 325 g/mol. The summed E-state index contributed by atoms with van der Waals surface area (Å²) in [6.45, 7) is -0.212. The fourth-order valence-corrected chi connectivity index (χ4v) is 2.21. The van der Waals surface area contributed by atoms with Crippen molar-refractivity contribution in [3.05, 3.63) is 35.9 Å². The van der Waals surface area contributed by atoms with Crippen molar-refractivity contribution >= 4 is 29.5 Å². The number of fused-ring (bicyclic) bond motifs is 1. The topological polar surface area (TPSA) is 87.3 Å². The Morgan fingerprint density at radius 3 is 2.71 bits per heavy atom. The zero-order valence-corrected chi connectivity index (χ0v) is 13.2. The van der Waals surface area contributed by atoms with Gasteiger partial charge >= 0.3 is 0 Å². The van der Waals surface area contributed by atoms with E-state index in [1.807, 2.05) is 24.3 Å². The van der Waals surface area contributed by atoms with Gasteiger partial charge in [-0.1, -0.05) is 36.3 Å². The van der Waals surface area contributed by atoms with Gasteiger partial charge in [0, 0.05) is 12.1 Å². The van der Waals surface area contributed by atoms with Crippen molar-refractivity contribution in [2.45, 2.75) is 25.3 Å². The van der Waals surface area contributed by atoms with Gasteiger partial charge in [0.05, 0.1) is 6.54 Å². The number of hydrogen-bond acceptors (Lipinski definition) is 3. The summed E-state index contributed by atoms with van der Waals surface area (Å²) in [6, 6.07) is 6.16. The Hall–Kier alpha value is -3.07. The van der Waals surface area contributed by atoms with Crippen molar-refractivity contribution in [2.24, 2.45) is 0 Å². The van der Waals surface area contributed by atoms with E-state index in [2.05, 4.69) is 21.9 Å². The average Bonchev–Trinajstić information content (AvgIpc) is 2.58. The molecule has 24 heavy (non-hydrogen) atoms. The number of terminal acetylenes is 1. The molecule has 6 heteroatoms. The molecule has 0 aliphatic carbocycles. The lowest BCUT2D eigenvalue weighted by molar-refractivity contribution is -0.127. The molecule has 0 saturated heterocycles. The molecule has 0 unspecified atom stereocenters. The molecule has 0 radical (unpaired) electrons. The highest BCUT2D eigenvalue weighted by Crippen LogP contribution is 2.17. The first-order valence-electron chi connectivity index (χ1n) is 7.69. The Morgan fingerprint density at radius 1 is 1.12 bits per heavy atom. The molecule has 0 fully saturated rings. The molecule has 0 bridgehead atoms. The van der Waals surface area contributed by atoms with Crippen molar-refractivity contribution in [3.8, 4) is 12.3 Å². The second-order valence-electron chi connectivity index (χ2n) is 5.32. The molecule has 0 aromatic heterocycles. The molecule has 6 nitrogen and oxygen atoms in total. The molecule has 3 N–H and O–H groups in total. The van der Waals surface area contributed by atoms with Crippen LogP contribution in [0.15, 0.2) is 30.3 Å². The molecule has 1 aromatic carbocycles. The maximum absolute atomic E-state index is 12.3. The van der Waals surface area contributed by atoms with E-state index in [9.17, 15) is 14.4 Å². The van der Waals surface area contributed by atoms with Gasteiger partial charge < -0.3 is 16.0 Å². The molecule has 124 valence electrons. The summed E-state index contributed by atoms with van der Waals surface area (Å²) in [6.07, 6.45) is 10.9. The number of carbonyl (C=O) groups excluding carboxylic acids is 3. The quantitative estimate of drug-likeness (QED) is 0.623. The van der Waals surface area contributed by atoms with Gasteiger partial charge in [0.25, 0.3) is 5.91 Å². The maximum Gasteiger partial charge on any atom is 0.259 e. The Balaban J connectivity index is 2.24. The number of benzene rings is 1. The van der Waals surface area contributed by atoms with Gasteiger partial charge in [-0.05, 0) is 24.5 Å². The SMILES string of the molecule is C#C[C@H]1NC(=O)CNC(=O)CCC/C=C/c2ccccc2NC1=O. The number of carbonyl (C=O) groups is 3. The molecule has 1 aromatic rings. The normalized spacial score (nSPS) is 21.0. The minimum atomic E-state index is -1.11. The summed E-state index contributed by atoms with van der Waals surface area (Å²) in [4.78, 5) is 35.7. The van der Waals surface area contributed by atoms with Crippen LogP contribution < -0.4 is 16.0 Å². The van der Waals surface area contributed by atoms with Crippen LogP contribution in [0.3, 0.4) is 0 Å². The highest BCUT2D eigenvalue weighted by molar-refractivity contribution is 6.00. The lowest BCUT2D eigenvalue weighted by atomic mass is 10.1. The molecular formula is C18H19N3O3. The summed E-state index contributed by atoms with van der Waals surface area (Å²) in [5.74, 6) is 1.01. The first kappa shape index (κ1) is 17.3. The summed E-state index contributed by atoms with van der Waals surface area (Å²) >= 11 is 0. The molecule has 0 spiro atoms. The van der Waals surface area contributed by atoms with Gasteiger partial charge in [-0.2, -0.15) is 0 Å². The molecule has 0 saturated carbocycles. The number of nitrogens with one attached hydrogen (secondary N) is 3. The molecule has 1 aliphatic heterocycles. The molecule has 1 heterocycles. The van der Waals surface area contributed by atoms with Gasteiger partial charge in [-0.3, -0.25) is 14.4 Å². The number of allylic oxidation sites excluding steroid dienone is 1. The summed E-state index contributed by atoms with van der Waals surface area (Å²) in [5.41, 5.74) is 1.43. The van der Waals surface area contributed by atoms with E-state index in [0.29, 0.717) is 18.5 Å². The highest BCUT2D eigenvalue weighted by atomic mass is 16.2. The Bertz CT molecular complexity index is 704. The Labute approximate surface area is 140 Å².